The standard InChI is InChI=1S/C12H14N4O2/c1-8(2)16-10(5-7-14-16)15-12(18)11-9(17)4-3-6-13-11/h3-8,17H,1-2H3,(H,15,18). The highest BCUT2D eigenvalue weighted by molar-refractivity contribution is 6.04. The first-order valence-electron chi connectivity index (χ1n) is 5.58. The first-order chi connectivity index (χ1) is 8.59. The number of pyridine rings is 1. The molecule has 1 amide bonds. The average molecular weight is 246 g/mol. The van der Waals surface area contributed by atoms with Gasteiger partial charge in [0.15, 0.2) is 5.69 Å². The number of aromatic hydroxyl groups is 1. The summed E-state index contributed by atoms with van der Waals surface area (Å²) < 4.78 is 1.68. The molecule has 6 nitrogen and oxygen atoms in total. The number of carbonyl (C=O) groups is 1. The molecule has 2 heterocycles. The Hall–Kier alpha value is -2.37. The van der Waals surface area contributed by atoms with Crippen LogP contribution in [-0.2, 0) is 0 Å². The van der Waals surface area contributed by atoms with E-state index in [1.807, 2.05) is 13.8 Å². The second-order valence-corrected chi connectivity index (χ2v) is 4.08. The summed E-state index contributed by atoms with van der Waals surface area (Å²) in [5.41, 5.74) is -0.00555. The lowest BCUT2D eigenvalue weighted by atomic mass is 10.3. The quantitative estimate of drug-likeness (QED) is 0.865. The van der Waals surface area contributed by atoms with E-state index in [9.17, 15) is 9.90 Å². The zero-order chi connectivity index (χ0) is 13.1. The van der Waals surface area contributed by atoms with Crippen molar-refractivity contribution >= 4 is 11.7 Å². The first-order valence-corrected chi connectivity index (χ1v) is 5.58. The van der Waals surface area contributed by atoms with Gasteiger partial charge in [0.05, 0.1) is 6.20 Å². The molecule has 94 valence electrons. The Morgan fingerprint density at radius 2 is 2.17 bits per heavy atom. The maximum absolute atomic E-state index is 11.9. The Kier molecular flexibility index (Phi) is 3.27. The van der Waals surface area contributed by atoms with Gasteiger partial charge in [-0.3, -0.25) is 4.79 Å². The van der Waals surface area contributed by atoms with Crippen LogP contribution in [0.3, 0.4) is 0 Å². The van der Waals surface area contributed by atoms with Crippen molar-refractivity contribution in [2.75, 3.05) is 5.32 Å². The summed E-state index contributed by atoms with van der Waals surface area (Å²) in [6.07, 6.45) is 3.06. The van der Waals surface area contributed by atoms with Gasteiger partial charge in [0.1, 0.15) is 11.6 Å². The molecule has 2 aromatic rings. The van der Waals surface area contributed by atoms with Crippen LogP contribution in [0.1, 0.15) is 30.4 Å². The van der Waals surface area contributed by atoms with Crippen LogP contribution in [0.25, 0.3) is 0 Å². The predicted molar refractivity (Wildman–Crippen MR) is 66.5 cm³/mol. The Balaban J connectivity index is 2.22. The van der Waals surface area contributed by atoms with E-state index < -0.39 is 5.91 Å². The maximum atomic E-state index is 11.9. The zero-order valence-electron chi connectivity index (χ0n) is 10.2. The lowest BCUT2D eigenvalue weighted by Crippen LogP contribution is -2.17. The summed E-state index contributed by atoms with van der Waals surface area (Å²) in [5, 5.41) is 16.3. The van der Waals surface area contributed by atoms with Crippen LogP contribution in [-0.4, -0.2) is 25.8 Å². The minimum absolute atomic E-state index is 0.00555. The SMILES string of the molecule is CC(C)n1nccc1NC(=O)c1ncccc1O. The van der Waals surface area contributed by atoms with Gasteiger partial charge in [-0.1, -0.05) is 0 Å². The second kappa shape index (κ2) is 4.87. The lowest BCUT2D eigenvalue weighted by molar-refractivity contribution is 0.101. The summed E-state index contributed by atoms with van der Waals surface area (Å²) in [6, 6.07) is 4.80. The number of nitrogens with one attached hydrogen (secondary N) is 1. The minimum atomic E-state index is -0.462. The van der Waals surface area contributed by atoms with Gasteiger partial charge in [0.2, 0.25) is 0 Å². The van der Waals surface area contributed by atoms with Crippen molar-refractivity contribution in [3.05, 3.63) is 36.3 Å². The van der Waals surface area contributed by atoms with Crippen LogP contribution in [0, 0.1) is 0 Å². The third-order valence-corrected chi connectivity index (χ3v) is 2.40. The van der Waals surface area contributed by atoms with Crippen molar-refractivity contribution in [3.8, 4) is 5.75 Å². The zero-order valence-corrected chi connectivity index (χ0v) is 10.2. The summed E-state index contributed by atoms with van der Waals surface area (Å²) >= 11 is 0. The van der Waals surface area contributed by atoms with Crippen LogP contribution >= 0.6 is 0 Å². The molecular formula is C12H14N4O2. The molecule has 0 radical (unpaired) electrons. The van der Waals surface area contributed by atoms with E-state index in [2.05, 4.69) is 15.4 Å². The van der Waals surface area contributed by atoms with Crippen molar-refractivity contribution in [2.24, 2.45) is 0 Å². The van der Waals surface area contributed by atoms with Gasteiger partial charge in [0.25, 0.3) is 5.91 Å². The van der Waals surface area contributed by atoms with Gasteiger partial charge < -0.3 is 10.4 Å². The van der Waals surface area contributed by atoms with Gasteiger partial charge in [-0.25, -0.2) is 9.67 Å². The highest BCUT2D eigenvalue weighted by Gasteiger charge is 2.15. The molecule has 2 N–H and O–H groups in total. The molecule has 0 saturated carbocycles. The van der Waals surface area contributed by atoms with Crippen molar-refractivity contribution in [2.45, 2.75) is 19.9 Å². The number of nitrogens with zero attached hydrogens (tertiary/aromatic N) is 3. The van der Waals surface area contributed by atoms with Crippen LogP contribution in [0.4, 0.5) is 5.82 Å². The minimum Gasteiger partial charge on any atom is -0.505 e. The molecule has 0 aromatic carbocycles. The molecule has 2 rings (SSSR count). The van der Waals surface area contributed by atoms with E-state index in [1.165, 1.54) is 12.3 Å². The first kappa shape index (κ1) is 12.1. The molecule has 0 aliphatic carbocycles. The predicted octanol–water partition coefficient (Wildman–Crippen LogP) is 1.82. The second-order valence-electron chi connectivity index (χ2n) is 4.08. The molecule has 6 heteroatoms. The smallest absolute Gasteiger partial charge is 0.279 e. The van der Waals surface area contributed by atoms with Crippen LogP contribution in [0.2, 0.25) is 0 Å². The van der Waals surface area contributed by atoms with Crippen molar-refractivity contribution in [1.82, 2.24) is 14.8 Å². The van der Waals surface area contributed by atoms with Gasteiger partial charge in [-0.05, 0) is 26.0 Å². The van der Waals surface area contributed by atoms with Gasteiger partial charge >= 0.3 is 0 Å². The normalized spacial score (nSPS) is 10.6. The lowest BCUT2D eigenvalue weighted by Gasteiger charge is -2.11. The molecule has 0 aliphatic heterocycles. The summed E-state index contributed by atoms with van der Waals surface area (Å²) in [5.74, 6) is -0.0406. The highest BCUT2D eigenvalue weighted by Crippen LogP contribution is 2.17. The Bertz CT molecular complexity index is 563. The number of hydrogen-bond donors (Lipinski definition) is 2. The Morgan fingerprint density at radius 3 is 2.83 bits per heavy atom. The van der Waals surface area contributed by atoms with Gasteiger partial charge in [0, 0.05) is 18.3 Å². The van der Waals surface area contributed by atoms with Crippen molar-refractivity contribution in [1.29, 1.82) is 0 Å². The molecule has 0 bridgehead atoms. The van der Waals surface area contributed by atoms with Crippen LogP contribution < -0.4 is 5.32 Å². The number of amides is 1. The Morgan fingerprint density at radius 1 is 1.39 bits per heavy atom. The van der Waals surface area contributed by atoms with Crippen LogP contribution in [0.5, 0.6) is 5.75 Å². The maximum Gasteiger partial charge on any atom is 0.279 e. The molecule has 0 unspecified atom stereocenters. The van der Waals surface area contributed by atoms with E-state index in [0.29, 0.717) is 5.82 Å². The number of hydrogen-bond acceptors (Lipinski definition) is 4. The highest BCUT2D eigenvalue weighted by atomic mass is 16.3. The molecule has 18 heavy (non-hydrogen) atoms. The number of anilines is 1. The third kappa shape index (κ3) is 2.32. The number of aromatic nitrogens is 3. The van der Waals surface area contributed by atoms with Crippen molar-refractivity contribution < 1.29 is 9.90 Å². The monoisotopic (exact) mass is 246 g/mol. The number of rotatable bonds is 3. The number of carbonyl (C=O) groups excluding carboxylic acids is 1. The Labute approximate surface area is 104 Å². The molecular weight excluding hydrogens is 232 g/mol. The summed E-state index contributed by atoms with van der Waals surface area (Å²) in [7, 11) is 0. The summed E-state index contributed by atoms with van der Waals surface area (Å²) in [6.45, 7) is 3.92. The largest absolute Gasteiger partial charge is 0.505 e. The van der Waals surface area contributed by atoms with E-state index in [1.54, 1.807) is 23.0 Å². The van der Waals surface area contributed by atoms with E-state index in [0.717, 1.165) is 0 Å². The molecule has 0 aliphatic rings. The molecule has 0 fully saturated rings. The van der Waals surface area contributed by atoms with Gasteiger partial charge in [-0.15, -0.1) is 0 Å². The fourth-order valence-electron chi connectivity index (χ4n) is 1.57. The average Bonchev–Trinajstić information content (AvgIpc) is 2.77. The fourth-order valence-corrected chi connectivity index (χ4v) is 1.57. The molecule has 2 aromatic heterocycles. The topological polar surface area (TPSA) is 80.0 Å². The molecule has 0 saturated heterocycles. The summed E-state index contributed by atoms with van der Waals surface area (Å²) in [4.78, 5) is 15.8. The van der Waals surface area contributed by atoms with Crippen molar-refractivity contribution in [3.63, 3.8) is 0 Å². The fraction of sp³-hybridized carbons (Fsp3) is 0.250. The van der Waals surface area contributed by atoms with E-state index in [4.69, 9.17) is 0 Å². The van der Waals surface area contributed by atoms with E-state index >= 15 is 0 Å². The van der Waals surface area contributed by atoms with Crippen LogP contribution in [0.15, 0.2) is 30.6 Å². The third-order valence-electron chi connectivity index (χ3n) is 2.40. The van der Waals surface area contributed by atoms with E-state index in [-0.39, 0.29) is 17.5 Å². The molecule has 0 atom stereocenters. The van der Waals surface area contributed by atoms with Gasteiger partial charge in [-0.2, -0.15) is 5.10 Å². The molecule has 0 spiro atoms.